The minimum absolute atomic E-state index is 0.161. The van der Waals surface area contributed by atoms with E-state index in [9.17, 15) is 9.90 Å². The Bertz CT molecular complexity index is 1370. The minimum Gasteiger partial charge on any atom is -0.481 e. The van der Waals surface area contributed by atoms with E-state index in [1.165, 1.54) is 0 Å². The summed E-state index contributed by atoms with van der Waals surface area (Å²) in [6.45, 7) is 6.30. The highest BCUT2D eigenvalue weighted by atomic mass is 35.5. The number of benzene rings is 1. The van der Waals surface area contributed by atoms with Crippen LogP contribution in [0.5, 0.6) is 11.6 Å². The number of fused-ring (bicyclic) bond motifs is 1. The molecule has 3 fully saturated rings. The number of likely N-dealkylation sites (tertiary alicyclic amines) is 1. The molecule has 2 aromatic heterocycles. The van der Waals surface area contributed by atoms with Crippen LogP contribution in [0.3, 0.4) is 0 Å². The number of hydrogen-bond donors (Lipinski definition) is 1. The zero-order chi connectivity index (χ0) is 28.5. The Morgan fingerprint density at radius 3 is 2.34 bits per heavy atom. The molecule has 3 aromatic rings. The first kappa shape index (κ1) is 28.2. The van der Waals surface area contributed by atoms with Crippen molar-refractivity contribution in [3.8, 4) is 22.9 Å². The first-order valence-electron chi connectivity index (χ1n) is 14.2. The van der Waals surface area contributed by atoms with Gasteiger partial charge in [0.05, 0.1) is 24.0 Å². The Balaban J connectivity index is 1.21. The maximum absolute atomic E-state index is 11.5. The summed E-state index contributed by atoms with van der Waals surface area (Å²) in [6, 6.07) is 9.36. The second kappa shape index (κ2) is 12.1. The molecule has 1 saturated carbocycles. The highest BCUT2D eigenvalue weighted by Crippen LogP contribution is 2.52. The molecule has 1 aliphatic carbocycles. The van der Waals surface area contributed by atoms with Gasteiger partial charge in [-0.05, 0) is 87.6 Å². The summed E-state index contributed by atoms with van der Waals surface area (Å²) in [5, 5.41) is 10.5. The average molecular weight is 598 g/mol. The quantitative estimate of drug-likeness (QED) is 0.388. The fourth-order valence-electron chi connectivity index (χ4n) is 6.23. The standard InChI is InChI=1S/C30H34Cl2N6O3/c1-36-5-2-6-38(10-9-36)30-33-16-23(17-34-30)41-27-12-19(11-26(35-27)20-13-21(31)15-22(32)14-20)18-37-7-3-24-25(4-8-37)28(24)29(39)40/h11-17,24-25,28H,2-10,18H2,1H3,(H,39,40)/t24-,25+,28-. The van der Waals surface area contributed by atoms with Gasteiger partial charge in [0.15, 0.2) is 5.75 Å². The lowest BCUT2D eigenvalue weighted by atomic mass is 10.1. The van der Waals surface area contributed by atoms with Gasteiger partial charge >= 0.3 is 5.97 Å². The van der Waals surface area contributed by atoms with Gasteiger partial charge in [0.2, 0.25) is 11.8 Å². The predicted molar refractivity (Wildman–Crippen MR) is 159 cm³/mol. The van der Waals surface area contributed by atoms with Gasteiger partial charge in [-0.15, -0.1) is 0 Å². The fourth-order valence-corrected chi connectivity index (χ4v) is 6.76. The number of anilines is 1. The molecule has 1 N–H and O–H groups in total. The van der Waals surface area contributed by atoms with Crippen molar-refractivity contribution in [2.24, 2.45) is 17.8 Å². The molecule has 41 heavy (non-hydrogen) atoms. The number of pyridine rings is 1. The van der Waals surface area contributed by atoms with Crippen LogP contribution in [0, 0.1) is 17.8 Å². The van der Waals surface area contributed by atoms with Crippen molar-refractivity contribution in [1.29, 1.82) is 0 Å². The zero-order valence-electron chi connectivity index (χ0n) is 23.0. The molecular weight excluding hydrogens is 563 g/mol. The van der Waals surface area contributed by atoms with Crippen molar-refractivity contribution < 1.29 is 14.6 Å². The van der Waals surface area contributed by atoms with Crippen molar-refractivity contribution in [3.05, 3.63) is 58.3 Å². The topological polar surface area (TPSA) is 94.9 Å². The molecule has 11 heteroatoms. The smallest absolute Gasteiger partial charge is 0.307 e. The first-order valence-corrected chi connectivity index (χ1v) is 14.9. The number of carboxylic acids is 1. The van der Waals surface area contributed by atoms with Crippen LogP contribution in [0.25, 0.3) is 11.3 Å². The Labute approximate surface area is 250 Å². The predicted octanol–water partition coefficient (Wildman–Crippen LogP) is 5.32. The Hall–Kier alpha value is -2.98. The Morgan fingerprint density at radius 1 is 0.951 bits per heavy atom. The number of carboxylic acid groups (broad SMARTS) is 1. The van der Waals surface area contributed by atoms with Gasteiger partial charge in [-0.25, -0.2) is 15.0 Å². The number of ether oxygens (including phenoxy) is 1. The van der Waals surface area contributed by atoms with E-state index in [-0.39, 0.29) is 5.92 Å². The summed E-state index contributed by atoms with van der Waals surface area (Å²) in [4.78, 5) is 32.3. The number of aliphatic carboxylic acids is 1. The summed E-state index contributed by atoms with van der Waals surface area (Å²) in [7, 11) is 2.14. The van der Waals surface area contributed by atoms with Gasteiger partial charge in [0.25, 0.3) is 0 Å². The molecule has 0 amide bonds. The van der Waals surface area contributed by atoms with E-state index in [0.29, 0.717) is 51.7 Å². The molecule has 9 nitrogen and oxygen atoms in total. The number of rotatable bonds is 7. The van der Waals surface area contributed by atoms with Crippen LogP contribution in [-0.4, -0.2) is 82.1 Å². The average Bonchev–Trinajstić information content (AvgIpc) is 3.71. The van der Waals surface area contributed by atoms with Crippen LogP contribution in [0.15, 0.2) is 42.7 Å². The minimum atomic E-state index is -0.648. The van der Waals surface area contributed by atoms with Crippen LogP contribution in [0.4, 0.5) is 5.95 Å². The summed E-state index contributed by atoms with van der Waals surface area (Å²) in [6.07, 6.45) is 6.28. The molecule has 2 saturated heterocycles. The third kappa shape index (κ3) is 6.75. The van der Waals surface area contributed by atoms with Crippen molar-refractivity contribution in [2.75, 3.05) is 51.2 Å². The van der Waals surface area contributed by atoms with E-state index in [1.807, 2.05) is 24.3 Å². The summed E-state index contributed by atoms with van der Waals surface area (Å²) < 4.78 is 6.19. The molecule has 3 atom stereocenters. The normalized spacial score (nSPS) is 23.4. The zero-order valence-corrected chi connectivity index (χ0v) is 24.6. The first-order chi connectivity index (χ1) is 19.8. The van der Waals surface area contributed by atoms with Crippen molar-refractivity contribution in [3.63, 3.8) is 0 Å². The molecule has 0 spiro atoms. The Kier molecular flexibility index (Phi) is 8.30. The van der Waals surface area contributed by atoms with E-state index in [4.69, 9.17) is 32.9 Å². The monoisotopic (exact) mass is 596 g/mol. The molecular formula is C30H34Cl2N6O3. The van der Waals surface area contributed by atoms with Crippen LogP contribution in [-0.2, 0) is 11.3 Å². The maximum atomic E-state index is 11.5. The third-order valence-corrected chi connectivity index (χ3v) is 8.88. The summed E-state index contributed by atoms with van der Waals surface area (Å²) in [5.41, 5.74) is 2.54. The van der Waals surface area contributed by atoms with Crippen molar-refractivity contribution in [2.45, 2.75) is 25.8 Å². The van der Waals surface area contributed by atoms with Gasteiger partial charge in [-0.2, -0.15) is 0 Å². The molecule has 4 heterocycles. The van der Waals surface area contributed by atoms with Crippen LogP contribution in [0.1, 0.15) is 24.8 Å². The molecule has 1 aromatic carbocycles. The van der Waals surface area contributed by atoms with Gasteiger partial charge in [0, 0.05) is 47.9 Å². The van der Waals surface area contributed by atoms with E-state index >= 15 is 0 Å². The molecule has 3 aliphatic rings. The number of carbonyl (C=O) groups is 1. The summed E-state index contributed by atoms with van der Waals surface area (Å²) in [5.74, 6) is 1.44. The lowest BCUT2D eigenvalue weighted by Crippen LogP contribution is -2.30. The number of hydrogen-bond acceptors (Lipinski definition) is 8. The molecule has 0 unspecified atom stereocenters. The molecule has 0 bridgehead atoms. The van der Waals surface area contributed by atoms with Gasteiger partial charge in [-0.3, -0.25) is 9.69 Å². The van der Waals surface area contributed by atoms with Gasteiger partial charge < -0.3 is 19.6 Å². The fraction of sp³-hybridized carbons (Fsp3) is 0.467. The number of nitrogens with zero attached hydrogens (tertiary/aromatic N) is 6. The second-order valence-corrected chi connectivity index (χ2v) is 12.2. The maximum Gasteiger partial charge on any atom is 0.307 e. The summed E-state index contributed by atoms with van der Waals surface area (Å²) >= 11 is 12.6. The van der Waals surface area contributed by atoms with Gasteiger partial charge in [-0.1, -0.05) is 23.2 Å². The number of likely N-dealkylation sites (N-methyl/N-ethyl adjacent to an activating group) is 1. The van der Waals surface area contributed by atoms with E-state index in [1.54, 1.807) is 18.5 Å². The molecule has 0 radical (unpaired) electrons. The largest absolute Gasteiger partial charge is 0.481 e. The van der Waals surface area contributed by atoms with Crippen molar-refractivity contribution in [1.82, 2.24) is 24.8 Å². The number of halogens is 2. The lowest BCUT2D eigenvalue weighted by Gasteiger charge is -2.22. The Morgan fingerprint density at radius 2 is 1.66 bits per heavy atom. The highest BCUT2D eigenvalue weighted by molar-refractivity contribution is 6.35. The van der Waals surface area contributed by atoms with E-state index < -0.39 is 5.97 Å². The van der Waals surface area contributed by atoms with Crippen LogP contribution in [0.2, 0.25) is 10.0 Å². The lowest BCUT2D eigenvalue weighted by molar-refractivity contribution is -0.139. The third-order valence-electron chi connectivity index (χ3n) is 8.44. The van der Waals surface area contributed by atoms with Gasteiger partial charge in [0.1, 0.15) is 0 Å². The molecule has 2 aliphatic heterocycles. The SMILES string of the molecule is CN1CCCN(c2ncc(Oc3cc(CN4CC[C@@H]5[C@H](CC4)[C@@H]5C(=O)O)cc(-c4cc(Cl)cc(Cl)c4)n3)cn2)CC1. The van der Waals surface area contributed by atoms with Crippen LogP contribution >= 0.6 is 23.2 Å². The molecule has 6 rings (SSSR count). The van der Waals surface area contributed by atoms with Crippen LogP contribution < -0.4 is 9.64 Å². The second-order valence-electron chi connectivity index (χ2n) is 11.4. The van der Waals surface area contributed by atoms with E-state index in [0.717, 1.165) is 69.7 Å². The van der Waals surface area contributed by atoms with E-state index in [2.05, 4.69) is 31.7 Å². The number of aromatic nitrogens is 3. The molecule has 216 valence electrons. The highest BCUT2D eigenvalue weighted by Gasteiger charge is 2.54. The van der Waals surface area contributed by atoms with Crippen molar-refractivity contribution >= 4 is 35.1 Å².